The Morgan fingerprint density at radius 1 is 0.500 bits per heavy atom. The van der Waals surface area contributed by atoms with Crippen molar-refractivity contribution in [3.63, 3.8) is 0 Å². The molecule has 0 radical (unpaired) electrons. The van der Waals surface area contributed by atoms with Gasteiger partial charge in [-0.15, -0.1) is 0 Å². The number of likely N-dealkylation sites (N-methyl/N-ethyl adjacent to an activating group) is 1. The second-order valence-electron chi connectivity index (χ2n) is 20.8. The molecule has 0 aromatic carbocycles. The molecular weight excluding hydrogens is 916 g/mol. The quantitative estimate of drug-likeness (QED) is 0.0156. The molecule has 0 rings (SSSR count). The van der Waals surface area contributed by atoms with Gasteiger partial charge in [-0.25, -0.2) is 4.57 Å². The first-order chi connectivity index (χ1) is 34.9. The number of amides is 1. The SMILES string of the molecule is CCCCC/C=C\C/C=C\C/C=C\C/C=C\CCCCCC(=O)OC(/C=C/CCCCCCCCCCC)C(COP(=O)(O)OCC[N+](C)(C)C)NC(=O)CCCCC/C=C/C=C/CCCCCCCCC. The van der Waals surface area contributed by atoms with Gasteiger partial charge < -0.3 is 19.4 Å². The van der Waals surface area contributed by atoms with Gasteiger partial charge in [0.25, 0.3) is 0 Å². The van der Waals surface area contributed by atoms with E-state index in [9.17, 15) is 19.0 Å². The molecule has 9 nitrogen and oxygen atoms in total. The summed E-state index contributed by atoms with van der Waals surface area (Å²) in [6.07, 6.45) is 67.2. The van der Waals surface area contributed by atoms with Crippen LogP contribution in [0.5, 0.6) is 0 Å². The number of allylic oxidation sites excluding steroid dienone is 13. The largest absolute Gasteiger partial charge is 0.472 e. The van der Waals surface area contributed by atoms with Gasteiger partial charge in [-0.1, -0.05) is 215 Å². The smallest absolute Gasteiger partial charge is 0.456 e. The van der Waals surface area contributed by atoms with Crippen LogP contribution in [0.3, 0.4) is 0 Å². The predicted octanol–water partition coefficient (Wildman–Crippen LogP) is 17.8. The number of nitrogens with zero attached hydrogens (tertiary/aromatic N) is 1. The molecule has 416 valence electrons. The average Bonchev–Trinajstić information content (AvgIpc) is 3.34. The van der Waals surface area contributed by atoms with Crippen LogP contribution < -0.4 is 5.32 Å². The molecule has 3 unspecified atom stereocenters. The fraction of sp³-hybridized carbons (Fsp3) is 0.742. The minimum Gasteiger partial charge on any atom is -0.456 e. The molecule has 0 aliphatic carbocycles. The molecule has 1 amide bonds. The third-order valence-corrected chi connectivity index (χ3v) is 13.6. The van der Waals surface area contributed by atoms with Gasteiger partial charge in [-0.3, -0.25) is 18.6 Å². The lowest BCUT2D eigenvalue weighted by molar-refractivity contribution is -0.870. The first kappa shape index (κ1) is 69.2. The Hall–Kier alpha value is -2.81. The number of rotatable bonds is 52. The van der Waals surface area contributed by atoms with Crippen molar-refractivity contribution in [3.8, 4) is 0 Å². The summed E-state index contributed by atoms with van der Waals surface area (Å²) in [5.41, 5.74) is 0. The lowest BCUT2D eigenvalue weighted by Crippen LogP contribution is -2.47. The van der Waals surface area contributed by atoms with E-state index in [1.165, 1.54) is 116 Å². The topological polar surface area (TPSA) is 111 Å². The highest BCUT2D eigenvalue weighted by Gasteiger charge is 2.30. The number of phosphoric acid groups is 1. The van der Waals surface area contributed by atoms with Gasteiger partial charge >= 0.3 is 13.8 Å². The number of phosphoric ester groups is 1. The maximum Gasteiger partial charge on any atom is 0.472 e. The van der Waals surface area contributed by atoms with E-state index in [-0.39, 0.29) is 37.9 Å². The summed E-state index contributed by atoms with van der Waals surface area (Å²) >= 11 is 0. The van der Waals surface area contributed by atoms with Gasteiger partial charge in [0.1, 0.15) is 19.3 Å². The van der Waals surface area contributed by atoms with Crippen molar-refractivity contribution in [2.45, 2.75) is 258 Å². The van der Waals surface area contributed by atoms with Crippen molar-refractivity contribution < 1.29 is 37.3 Å². The fourth-order valence-corrected chi connectivity index (χ4v) is 8.71. The molecule has 0 aliphatic heterocycles. The van der Waals surface area contributed by atoms with Crippen LogP contribution in [0.4, 0.5) is 0 Å². The standard InChI is InChI=1S/C62H111N2O7P/c1-7-10-13-16-19-22-25-27-29-31-32-33-35-37-40-43-46-49-52-55-62(66)71-60(53-50-47-44-41-38-24-21-18-15-12-9-3)59(58-70-72(67,68)69-57-56-64(4,5)6)63-61(65)54-51-48-45-42-39-36-34-30-28-26-23-20-17-14-11-8-2/h19,22,27,29-30,32-34,36-37,39-40,50,53,59-60H,7-18,20-21,23-26,28,31,35,38,41-49,51-52,54-58H2,1-6H3,(H-,63,65,67,68)/p+1/b22-19-,29-27-,33-32-,34-30+,39-36+,40-37-,53-50+. The van der Waals surface area contributed by atoms with Crippen molar-refractivity contribution >= 4 is 19.7 Å². The zero-order chi connectivity index (χ0) is 52.9. The average molecular weight is 1030 g/mol. The third-order valence-electron chi connectivity index (χ3n) is 12.6. The number of hydrogen-bond donors (Lipinski definition) is 2. The van der Waals surface area contributed by atoms with Gasteiger partial charge in [0, 0.05) is 12.8 Å². The van der Waals surface area contributed by atoms with E-state index in [1.54, 1.807) is 0 Å². The second kappa shape index (κ2) is 51.7. The van der Waals surface area contributed by atoms with E-state index in [2.05, 4.69) is 99.0 Å². The molecule has 10 heteroatoms. The van der Waals surface area contributed by atoms with Crippen LogP contribution in [0.25, 0.3) is 0 Å². The number of carbonyl (C=O) groups is 2. The molecule has 0 aromatic rings. The Kier molecular flexibility index (Phi) is 49.6. The minimum absolute atomic E-state index is 0.0263. The Balaban J connectivity index is 5.41. The molecule has 0 heterocycles. The van der Waals surface area contributed by atoms with Crippen molar-refractivity contribution in [2.24, 2.45) is 0 Å². The summed E-state index contributed by atoms with van der Waals surface area (Å²) in [7, 11) is 1.45. The van der Waals surface area contributed by atoms with Gasteiger partial charge in [0.2, 0.25) is 5.91 Å². The molecule has 0 spiro atoms. The zero-order valence-electron chi connectivity index (χ0n) is 47.4. The Labute approximate surface area is 444 Å². The summed E-state index contributed by atoms with van der Waals surface area (Å²) in [5, 5.41) is 3.02. The van der Waals surface area contributed by atoms with Crippen LogP contribution in [0, 0.1) is 0 Å². The number of nitrogens with one attached hydrogen (secondary N) is 1. The molecule has 0 fully saturated rings. The Morgan fingerprint density at radius 2 is 0.889 bits per heavy atom. The van der Waals surface area contributed by atoms with Crippen LogP contribution in [0.15, 0.2) is 85.1 Å². The summed E-state index contributed by atoms with van der Waals surface area (Å²) in [6, 6.07) is -0.878. The van der Waals surface area contributed by atoms with Gasteiger partial charge in [0.05, 0.1) is 33.8 Å². The zero-order valence-corrected chi connectivity index (χ0v) is 48.3. The van der Waals surface area contributed by atoms with E-state index in [1.807, 2.05) is 33.3 Å². The van der Waals surface area contributed by atoms with Gasteiger partial charge in [0.15, 0.2) is 0 Å². The number of carbonyl (C=O) groups excluding carboxylic acids is 2. The number of quaternary nitrogens is 1. The normalized spacial score (nSPS) is 14.4. The summed E-state index contributed by atoms with van der Waals surface area (Å²) in [5.74, 6) is -0.576. The van der Waals surface area contributed by atoms with Crippen molar-refractivity contribution in [3.05, 3.63) is 85.1 Å². The maximum atomic E-state index is 13.5. The summed E-state index contributed by atoms with van der Waals surface area (Å²) in [6.45, 7) is 6.92. The number of hydrogen-bond acceptors (Lipinski definition) is 6. The fourth-order valence-electron chi connectivity index (χ4n) is 7.97. The van der Waals surface area contributed by atoms with Crippen LogP contribution in [0.2, 0.25) is 0 Å². The lowest BCUT2D eigenvalue weighted by atomic mass is 10.1. The Morgan fingerprint density at radius 3 is 1.38 bits per heavy atom. The monoisotopic (exact) mass is 1030 g/mol. The maximum absolute atomic E-state index is 13.5. The van der Waals surface area contributed by atoms with Crippen LogP contribution in [-0.2, 0) is 27.9 Å². The van der Waals surface area contributed by atoms with Gasteiger partial charge in [-0.2, -0.15) is 0 Å². The molecule has 72 heavy (non-hydrogen) atoms. The molecule has 0 saturated carbocycles. The van der Waals surface area contributed by atoms with Crippen LogP contribution in [0.1, 0.15) is 245 Å². The number of esters is 1. The van der Waals surface area contributed by atoms with Crippen molar-refractivity contribution in [1.29, 1.82) is 0 Å². The number of ether oxygens (including phenoxy) is 1. The highest BCUT2D eigenvalue weighted by atomic mass is 31.2. The molecule has 0 aromatic heterocycles. The van der Waals surface area contributed by atoms with Crippen LogP contribution in [-0.4, -0.2) is 74.3 Å². The first-order valence-corrected chi connectivity index (χ1v) is 30.9. The van der Waals surface area contributed by atoms with Crippen molar-refractivity contribution in [2.75, 3.05) is 40.9 Å². The molecule has 2 N–H and O–H groups in total. The molecule has 0 bridgehead atoms. The van der Waals surface area contributed by atoms with E-state index in [0.717, 1.165) is 83.5 Å². The highest BCUT2D eigenvalue weighted by molar-refractivity contribution is 7.47. The van der Waals surface area contributed by atoms with Crippen LogP contribution >= 0.6 is 7.82 Å². The molecule has 0 aliphatic rings. The highest BCUT2D eigenvalue weighted by Crippen LogP contribution is 2.43. The second-order valence-corrected chi connectivity index (χ2v) is 22.3. The lowest BCUT2D eigenvalue weighted by Gasteiger charge is -2.27. The Bertz CT molecular complexity index is 1510. The van der Waals surface area contributed by atoms with E-state index >= 15 is 0 Å². The van der Waals surface area contributed by atoms with E-state index in [4.69, 9.17) is 13.8 Å². The minimum atomic E-state index is -4.46. The van der Waals surface area contributed by atoms with E-state index < -0.39 is 20.0 Å². The first-order valence-electron chi connectivity index (χ1n) is 29.4. The van der Waals surface area contributed by atoms with E-state index in [0.29, 0.717) is 23.9 Å². The molecular formula is C62H112N2O7P+. The molecule has 3 atom stereocenters. The third kappa shape index (κ3) is 52.1. The molecule has 0 saturated heterocycles. The van der Waals surface area contributed by atoms with Gasteiger partial charge in [-0.05, 0) is 102 Å². The van der Waals surface area contributed by atoms with Crippen molar-refractivity contribution in [1.82, 2.24) is 5.32 Å². The summed E-state index contributed by atoms with van der Waals surface area (Å²) < 4.78 is 30.6. The predicted molar refractivity (Wildman–Crippen MR) is 309 cm³/mol. The number of unbranched alkanes of at least 4 members (excludes halogenated alkanes) is 25. The summed E-state index contributed by atoms with van der Waals surface area (Å²) in [4.78, 5) is 37.6.